The molecule has 18 heavy (non-hydrogen) atoms. The number of nitrogens with zero attached hydrogens (tertiary/aromatic N) is 1. The highest BCUT2D eigenvalue weighted by atomic mass is 16.6. The van der Waals surface area contributed by atoms with E-state index < -0.39 is 23.0 Å². The minimum absolute atomic E-state index is 0.0126. The minimum atomic E-state index is -0.803. The van der Waals surface area contributed by atoms with E-state index in [-0.39, 0.29) is 23.6 Å². The Bertz CT molecular complexity index is 500. The third-order valence-corrected chi connectivity index (χ3v) is 2.74. The van der Waals surface area contributed by atoms with Crippen LogP contribution in [0.2, 0.25) is 0 Å². The molecule has 1 aromatic rings. The summed E-state index contributed by atoms with van der Waals surface area (Å²) in [7, 11) is 0. The summed E-state index contributed by atoms with van der Waals surface area (Å²) in [4.78, 5) is 22.1. The van der Waals surface area contributed by atoms with Crippen LogP contribution in [0.3, 0.4) is 0 Å². The van der Waals surface area contributed by atoms with Gasteiger partial charge in [-0.15, -0.1) is 0 Å². The van der Waals surface area contributed by atoms with Crippen LogP contribution < -0.4 is 10.1 Å². The van der Waals surface area contributed by atoms with E-state index in [0.717, 1.165) is 0 Å². The largest absolute Gasteiger partial charge is 0.484 e. The molecule has 1 heterocycles. The lowest BCUT2D eigenvalue weighted by Gasteiger charge is -2.17. The Morgan fingerprint density at radius 1 is 1.61 bits per heavy atom. The van der Waals surface area contributed by atoms with Gasteiger partial charge in [-0.2, -0.15) is 0 Å². The van der Waals surface area contributed by atoms with Crippen LogP contribution >= 0.6 is 0 Å². The van der Waals surface area contributed by atoms with Crippen molar-refractivity contribution in [2.75, 3.05) is 6.61 Å². The first-order valence-corrected chi connectivity index (χ1v) is 5.40. The van der Waals surface area contributed by atoms with Crippen molar-refractivity contribution in [1.29, 1.82) is 0 Å². The number of aliphatic hydroxyl groups is 1. The van der Waals surface area contributed by atoms with Crippen molar-refractivity contribution >= 4 is 11.6 Å². The zero-order chi connectivity index (χ0) is 13.3. The molecule has 2 rings (SSSR count). The fraction of sp³-hybridized carbons (Fsp3) is 0.364. The Balaban J connectivity index is 2.43. The number of aliphatic hydroxyl groups excluding tert-OH is 1. The lowest BCUT2D eigenvalue weighted by atomic mass is 10.1. The molecular formula is C11H12N2O5. The molecular weight excluding hydrogens is 240 g/mol. The van der Waals surface area contributed by atoms with Crippen molar-refractivity contribution in [3.05, 3.63) is 33.9 Å². The maximum Gasteiger partial charge on any atom is 0.311 e. The molecule has 7 heteroatoms. The number of nitrogens with one attached hydrogen (secondary N) is 1. The van der Waals surface area contributed by atoms with Crippen molar-refractivity contribution in [3.8, 4) is 5.75 Å². The number of hydrogen-bond acceptors (Lipinski definition) is 5. The van der Waals surface area contributed by atoms with E-state index in [1.165, 1.54) is 25.1 Å². The van der Waals surface area contributed by atoms with Crippen LogP contribution in [0.4, 0.5) is 5.69 Å². The molecule has 1 aliphatic heterocycles. The van der Waals surface area contributed by atoms with E-state index in [1.807, 2.05) is 0 Å². The van der Waals surface area contributed by atoms with Gasteiger partial charge in [0.1, 0.15) is 6.61 Å². The summed E-state index contributed by atoms with van der Waals surface area (Å²) in [5.41, 5.74) is -0.152. The van der Waals surface area contributed by atoms with Gasteiger partial charge in [0.25, 0.3) is 5.91 Å². The highest BCUT2D eigenvalue weighted by molar-refractivity contribution is 5.98. The Kier molecular flexibility index (Phi) is 3.15. The predicted molar refractivity (Wildman–Crippen MR) is 61.5 cm³/mol. The van der Waals surface area contributed by atoms with E-state index in [2.05, 4.69) is 5.32 Å². The molecule has 0 spiro atoms. The van der Waals surface area contributed by atoms with Crippen molar-refractivity contribution in [2.24, 2.45) is 0 Å². The van der Waals surface area contributed by atoms with Crippen LogP contribution in [0.5, 0.6) is 5.75 Å². The number of ether oxygens (including phenoxy) is 1. The van der Waals surface area contributed by atoms with E-state index in [4.69, 9.17) is 4.74 Å². The third kappa shape index (κ3) is 2.12. The lowest BCUT2D eigenvalue weighted by Crippen LogP contribution is -2.44. The molecule has 0 saturated heterocycles. The molecule has 1 aliphatic rings. The van der Waals surface area contributed by atoms with Crippen LogP contribution in [0, 0.1) is 10.1 Å². The number of fused-ring (bicyclic) bond motifs is 1. The third-order valence-electron chi connectivity index (χ3n) is 2.74. The van der Waals surface area contributed by atoms with Gasteiger partial charge in [0.2, 0.25) is 5.75 Å². The zero-order valence-electron chi connectivity index (χ0n) is 9.62. The van der Waals surface area contributed by atoms with Crippen LogP contribution in [0.1, 0.15) is 17.3 Å². The SMILES string of the molecule is C[C@H](O)[C@@H]1COc2c(cccc2[N+](=O)[O-])C(=O)N1. The van der Waals surface area contributed by atoms with Crippen molar-refractivity contribution in [1.82, 2.24) is 5.32 Å². The van der Waals surface area contributed by atoms with Gasteiger partial charge in [0.15, 0.2) is 0 Å². The summed E-state index contributed by atoms with van der Waals surface area (Å²) in [6, 6.07) is 3.55. The highest BCUT2D eigenvalue weighted by Crippen LogP contribution is 2.32. The fourth-order valence-corrected chi connectivity index (χ4v) is 1.72. The van der Waals surface area contributed by atoms with Crippen LogP contribution in [0.15, 0.2) is 18.2 Å². The molecule has 0 bridgehead atoms. The molecule has 7 nitrogen and oxygen atoms in total. The molecule has 2 N–H and O–H groups in total. The molecule has 0 unspecified atom stereocenters. The standard InChI is InChI=1S/C11H12N2O5/c1-6(14)8-5-18-10-7(11(15)12-8)3-2-4-9(10)13(16)17/h2-4,6,8,14H,5H2,1H3,(H,12,15)/t6-,8-/m0/s1. The molecule has 0 saturated carbocycles. The molecule has 0 aliphatic carbocycles. The van der Waals surface area contributed by atoms with Crippen LogP contribution in [-0.2, 0) is 0 Å². The number of para-hydroxylation sites is 1. The van der Waals surface area contributed by atoms with Gasteiger partial charge in [-0.1, -0.05) is 6.07 Å². The Labute approximate surface area is 103 Å². The average Bonchev–Trinajstić information content (AvgIpc) is 2.49. The number of carbonyl (C=O) groups is 1. The van der Waals surface area contributed by atoms with Crippen molar-refractivity contribution in [2.45, 2.75) is 19.1 Å². The maximum absolute atomic E-state index is 11.9. The summed E-state index contributed by atoms with van der Waals surface area (Å²) < 4.78 is 5.30. The summed E-state index contributed by atoms with van der Waals surface area (Å²) in [6.45, 7) is 1.50. The Morgan fingerprint density at radius 2 is 2.33 bits per heavy atom. The minimum Gasteiger partial charge on any atom is -0.484 e. The number of amides is 1. The molecule has 0 fully saturated rings. The van der Waals surface area contributed by atoms with Gasteiger partial charge in [-0.25, -0.2) is 0 Å². The lowest BCUT2D eigenvalue weighted by molar-refractivity contribution is -0.385. The molecule has 1 aromatic carbocycles. The second-order valence-electron chi connectivity index (χ2n) is 4.04. The maximum atomic E-state index is 11.9. The van der Waals surface area contributed by atoms with Gasteiger partial charge in [-0.05, 0) is 13.0 Å². The van der Waals surface area contributed by atoms with Crippen LogP contribution in [-0.4, -0.2) is 34.7 Å². The molecule has 0 radical (unpaired) electrons. The average molecular weight is 252 g/mol. The first-order chi connectivity index (χ1) is 8.50. The zero-order valence-corrected chi connectivity index (χ0v) is 9.62. The van der Waals surface area contributed by atoms with Gasteiger partial charge in [0.05, 0.1) is 22.6 Å². The van der Waals surface area contributed by atoms with E-state index in [9.17, 15) is 20.0 Å². The van der Waals surface area contributed by atoms with Crippen LogP contribution in [0.25, 0.3) is 0 Å². The smallest absolute Gasteiger partial charge is 0.311 e. The molecule has 0 aromatic heterocycles. The molecule has 1 amide bonds. The molecule has 96 valence electrons. The quantitative estimate of drug-likeness (QED) is 0.588. The Morgan fingerprint density at radius 3 is 2.94 bits per heavy atom. The van der Waals surface area contributed by atoms with Crippen molar-refractivity contribution in [3.63, 3.8) is 0 Å². The first-order valence-electron chi connectivity index (χ1n) is 5.40. The van der Waals surface area contributed by atoms with Gasteiger partial charge in [0, 0.05) is 6.07 Å². The second-order valence-corrected chi connectivity index (χ2v) is 4.04. The number of carbonyl (C=O) groups excluding carboxylic acids is 1. The highest BCUT2D eigenvalue weighted by Gasteiger charge is 2.30. The Hall–Kier alpha value is -2.15. The number of benzene rings is 1. The van der Waals surface area contributed by atoms with Gasteiger partial charge < -0.3 is 15.2 Å². The first kappa shape index (κ1) is 12.3. The number of hydrogen-bond donors (Lipinski definition) is 2. The normalized spacial score (nSPS) is 20.1. The van der Waals surface area contributed by atoms with Gasteiger partial charge in [-0.3, -0.25) is 14.9 Å². The number of nitro benzene ring substituents is 1. The molecule has 2 atom stereocenters. The summed E-state index contributed by atoms with van der Waals surface area (Å²) in [6.07, 6.45) is -0.803. The van der Waals surface area contributed by atoms with Crippen molar-refractivity contribution < 1.29 is 19.6 Å². The second kappa shape index (κ2) is 4.61. The van der Waals surface area contributed by atoms with E-state index in [1.54, 1.807) is 0 Å². The topological polar surface area (TPSA) is 102 Å². The predicted octanol–water partition coefficient (Wildman–Crippen LogP) is 0.466. The van der Waals surface area contributed by atoms with E-state index in [0.29, 0.717) is 0 Å². The fourth-order valence-electron chi connectivity index (χ4n) is 1.72. The summed E-state index contributed by atoms with van der Waals surface area (Å²) in [5, 5.41) is 22.9. The summed E-state index contributed by atoms with van der Waals surface area (Å²) in [5.74, 6) is -0.541. The number of nitro groups is 1. The van der Waals surface area contributed by atoms with Gasteiger partial charge >= 0.3 is 5.69 Å². The van der Waals surface area contributed by atoms with E-state index >= 15 is 0 Å². The summed E-state index contributed by atoms with van der Waals surface area (Å²) >= 11 is 0. The monoisotopic (exact) mass is 252 g/mol. The number of rotatable bonds is 2.